The van der Waals surface area contributed by atoms with Gasteiger partial charge < -0.3 is 20.5 Å². The number of halogens is 1. The number of amides is 2. The molecule has 0 fully saturated rings. The largest absolute Gasteiger partial charge is 0.394 e. The summed E-state index contributed by atoms with van der Waals surface area (Å²) in [4.78, 5) is 11.7. The number of aliphatic hydroxyl groups is 1. The minimum atomic E-state index is -0.320. The maximum atomic E-state index is 11.7. The molecular formula is C14H21ClN2O3. The molecule has 1 unspecified atom stereocenters. The molecule has 1 atom stereocenters. The number of hydrogen-bond donors (Lipinski definition) is 3. The first-order valence-electron chi connectivity index (χ1n) is 6.46. The summed E-state index contributed by atoms with van der Waals surface area (Å²) in [5.74, 6) is 0. The lowest BCUT2D eigenvalue weighted by atomic mass is 10.1. The molecular weight excluding hydrogens is 280 g/mol. The summed E-state index contributed by atoms with van der Waals surface area (Å²) in [7, 11) is 1.58. The first kappa shape index (κ1) is 16.8. The van der Waals surface area contributed by atoms with Crippen LogP contribution in [0, 0.1) is 6.92 Å². The topological polar surface area (TPSA) is 70.6 Å². The highest BCUT2D eigenvalue weighted by Gasteiger charge is 2.11. The molecule has 112 valence electrons. The van der Waals surface area contributed by atoms with Crippen LogP contribution in [-0.4, -0.2) is 37.5 Å². The van der Waals surface area contributed by atoms with E-state index in [0.29, 0.717) is 24.6 Å². The number of rotatable bonds is 7. The van der Waals surface area contributed by atoms with Crippen LogP contribution >= 0.6 is 11.6 Å². The number of ether oxygens (including phenoxy) is 1. The van der Waals surface area contributed by atoms with Gasteiger partial charge in [0.25, 0.3) is 0 Å². The zero-order valence-electron chi connectivity index (χ0n) is 11.8. The van der Waals surface area contributed by atoms with Crippen molar-refractivity contribution in [3.05, 3.63) is 34.3 Å². The summed E-state index contributed by atoms with van der Waals surface area (Å²) in [6.07, 6.45) is 0.566. The fraction of sp³-hybridized carbons (Fsp3) is 0.500. The van der Waals surface area contributed by atoms with E-state index in [-0.39, 0.29) is 18.7 Å². The molecule has 0 aliphatic carbocycles. The molecule has 1 rings (SSSR count). The van der Waals surface area contributed by atoms with Crippen LogP contribution in [0.5, 0.6) is 0 Å². The lowest BCUT2D eigenvalue weighted by Gasteiger charge is -2.16. The smallest absolute Gasteiger partial charge is 0.315 e. The van der Waals surface area contributed by atoms with E-state index in [1.54, 1.807) is 7.11 Å². The standard InChI is InChI=1S/C14H21ClN2O3/c1-10-3-4-12(15)7-11(10)8-16-14(19)17-13(9-18)5-6-20-2/h3-4,7,13,18H,5-6,8-9H2,1-2H3,(H2,16,17,19). The van der Waals surface area contributed by atoms with Crippen molar-refractivity contribution >= 4 is 17.6 Å². The second-order valence-electron chi connectivity index (χ2n) is 4.56. The van der Waals surface area contributed by atoms with Gasteiger partial charge in [-0.3, -0.25) is 0 Å². The average molecular weight is 301 g/mol. The van der Waals surface area contributed by atoms with Gasteiger partial charge in [-0.25, -0.2) is 4.79 Å². The van der Waals surface area contributed by atoms with E-state index in [2.05, 4.69) is 10.6 Å². The first-order chi connectivity index (χ1) is 9.56. The van der Waals surface area contributed by atoms with E-state index in [1.807, 2.05) is 25.1 Å². The van der Waals surface area contributed by atoms with Crippen LogP contribution in [0.3, 0.4) is 0 Å². The lowest BCUT2D eigenvalue weighted by molar-refractivity contribution is 0.159. The van der Waals surface area contributed by atoms with Crippen molar-refractivity contribution in [1.82, 2.24) is 10.6 Å². The molecule has 0 heterocycles. The molecule has 0 spiro atoms. The molecule has 3 N–H and O–H groups in total. The van der Waals surface area contributed by atoms with Gasteiger partial charge in [-0.2, -0.15) is 0 Å². The summed E-state index contributed by atoms with van der Waals surface area (Å²) in [6.45, 7) is 2.72. The highest BCUT2D eigenvalue weighted by atomic mass is 35.5. The Morgan fingerprint density at radius 2 is 2.25 bits per heavy atom. The number of methoxy groups -OCH3 is 1. The number of carbonyl (C=O) groups is 1. The van der Waals surface area contributed by atoms with Gasteiger partial charge in [0.2, 0.25) is 0 Å². The summed E-state index contributed by atoms with van der Waals surface area (Å²) in [5, 5.41) is 15.2. The molecule has 0 aliphatic rings. The Labute approximate surface area is 124 Å². The van der Waals surface area contributed by atoms with Crippen molar-refractivity contribution in [2.45, 2.75) is 25.9 Å². The molecule has 0 saturated heterocycles. The van der Waals surface area contributed by atoms with Crippen LogP contribution < -0.4 is 10.6 Å². The molecule has 0 radical (unpaired) electrons. The van der Waals surface area contributed by atoms with Gasteiger partial charge in [-0.05, 0) is 36.6 Å². The number of carbonyl (C=O) groups excluding carboxylic acids is 1. The van der Waals surface area contributed by atoms with Gasteiger partial charge in [0, 0.05) is 25.3 Å². The molecule has 2 amide bonds. The first-order valence-corrected chi connectivity index (χ1v) is 6.83. The van der Waals surface area contributed by atoms with Gasteiger partial charge in [-0.15, -0.1) is 0 Å². The van der Waals surface area contributed by atoms with Crippen LogP contribution in [0.25, 0.3) is 0 Å². The lowest BCUT2D eigenvalue weighted by Crippen LogP contribution is -2.44. The normalized spacial score (nSPS) is 12.0. The van der Waals surface area contributed by atoms with Gasteiger partial charge in [-0.1, -0.05) is 17.7 Å². The predicted octanol–water partition coefficient (Wildman–Crippen LogP) is 1.85. The van der Waals surface area contributed by atoms with Crippen molar-refractivity contribution < 1.29 is 14.6 Å². The van der Waals surface area contributed by atoms with Crippen molar-refractivity contribution in [1.29, 1.82) is 0 Å². The fourth-order valence-corrected chi connectivity index (χ4v) is 1.91. The van der Waals surface area contributed by atoms with E-state index >= 15 is 0 Å². The van der Waals surface area contributed by atoms with E-state index in [0.717, 1.165) is 11.1 Å². The van der Waals surface area contributed by atoms with Gasteiger partial charge >= 0.3 is 6.03 Å². The number of urea groups is 1. The summed E-state index contributed by atoms with van der Waals surface area (Å²) >= 11 is 5.92. The Morgan fingerprint density at radius 3 is 2.90 bits per heavy atom. The average Bonchev–Trinajstić information content (AvgIpc) is 2.44. The molecule has 20 heavy (non-hydrogen) atoms. The van der Waals surface area contributed by atoms with Crippen LogP contribution in [0.1, 0.15) is 17.5 Å². The van der Waals surface area contributed by atoms with Gasteiger partial charge in [0.05, 0.1) is 12.6 Å². The Hall–Kier alpha value is -1.30. The molecule has 0 bridgehead atoms. The van der Waals surface area contributed by atoms with E-state index in [1.165, 1.54) is 0 Å². The third-order valence-electron chi connectivity index (χ3n) is 2.98. The summed E-state index contributed by atoms with van der Waals surface area (Å²) < 4.78 is 4.92. The Bertz CT molecular complexity index is 440. The third kappa shape index (κ3) is 5.77. The molecule has 1 aromatic carbocycles. The number of nitrogens with one attached hydrogen (secondary N) is 2. The summed E-state index contributed by atoms with van der Waals surface area (Å²) in [5.41, 5.74) is 2.03. The zero-order valence-corrected chi connectivity index (χ0v) is 12.5. The number of hydrogen-bond acceptors (Lipinski definition) is 3. The minimum Gasteiger partial charge on any atom is -0.394 e. The number of aryl methyl sites for hydroxylation is 1. The molecule has 0 aromatic heterocycles. The number of benzene rings is 1. The monoisotopic (exact) mass is 300 g/mol. The Kier molecular flexibility index (Phi) is 7.36. The second kappa shape index (κ2) is 8.79. The SMILES string of the molecule is COCCC(CO)NC(=O)NCc1cc(Cl)ccc1C. The quantitative estimate of drug-likeness (QED) is 0.719. The van der Waals surface area contributed by atoms with E-state index in [9.17, 15) is 4.79 Å². The fourth-order valence-electron chi connectivity index (χ4n) is 1.71. The highest BCUT2D eigenvalue weighted by Crippen LogP contribution is 2.14. The van der Waals surface area contributed by atoms with Crippen LogP contribution in [0.2, 0.25) is 5.02 Å². The van der Waals surface area contributed by atoms with E-state index < -0.39 is 0 Å². The van der Waals surface area contributed by atoms with Crippen LogP contribution in [0.4, 0.5) is 4.79 Å². The highest BCUT2D eigenvalue weighted by molar-refractivity contribution is 6.30. The van der Waals surface area contributed by atoms with Gasteiger partial charge in [0.15, 0.2) is 0 Å². The molecule has 0 saturated carbocycles. The minimum absolute atomic E-state index is 0.118. The molecule has 0 aliphatic heterocycles. The van der Waals surface area contributed by atoms with Crippen molar-refractivity contribution in [2.75, 3.05) is 20.3 Å². The second-order valence-corrected chi connectivity index (χ2v) is 5.00. The summed E-state index contributed by atoms with van der Waals surface area (Å²) in [6, 6.07) is 4.92. The molecule has 6 heteroatoms. The van der Waals surface area contributed by atoms with Gasteiger partial charge in [0.1, 0.15) is 0 Å². The number of aliphatic hydroxyl groups excluding tert-OH is 1. The van der Waals surface area contributed by atoms with Crippen molar-refractivity contribution in [3.8, 4) is 0 Å². The Morgan fingerprint density at radius 1 is 1.50 bits per heavy atom. The maximum absolute atomic E-state index is 11.7. The maximum Gasteiger partial charge on any atom is 0.315 e. The third-order valence-corrected chi connectivity index (χ3v) is 3.21. The van der Waals surface area contributed by atoms with E-state index in [4.69, 9.17) is 21.4 Å². The van der Waals surface area contributed by atoms with Crippen molar-refractivity contribution in [2.24, 2.45) is 0 Å². The van der Waals surface area contributed by atoms with Crippen LogP contribution in [-0.2, 0) is 11.3 Å². The zero-order chi connectivity index (χ0) is 15.0. The predicted molar refractivity (Wildman–Crippen MR) is 78.9 cm³/mol. The Balaban J connectivity index is 2.44. The molecule has 5 nitrogen and oxygen atoms in total. The molecule has 1 aromatic rings. The van der Waals surface area contributed by atoms with Crippen LogP contribution in [0.15, 0.2) is 18.2 Å². The van der Waals surface area contributed by atoms with Crippen molar-refractivity contribution in [3.63, 3.8) is 0 Å².